The Morgan fingerprint density at radius 2 is 1.65 bits per heavy atom. The summed E-state index contributed by atoms with van der Waals surface area (Å²) in [7, 11) is 0. The van der Waals surface area contributed by atoms with Gasteiger partial charge < -0.3 is 4.98 Å². The predicted molar refractivity (Wildman–Crippen MR) is 123 cm³/mol. The summed E-state index contributed by atoms with van der Waals surface area (Å²) >= 11 is 6.33. The topological polar surface area (TPSA) is 78.7 Å². The van der Waals surface area contributed by atoms with E-state index in [0.717, 1.165) is 15.3 Å². The molecule has 31 heavy (non-hydrogen) atoms. The Morgan fingerprint density at radius 3 is 2.48 bits per heavy atom. The van der Waals surface area contributed by atoms with Crippen LogP contribution < -0.4 is 11.2 Å². The highest BCUT2D eigenvalue weighted by Crippen LogP contribution is 2.32. The van der Waals surface area contributed by atoms with E-state index in [1.54, 1.807) is 42.5 Å². The number of hydrogen-bond acceptors (Lipinski definition) is 3. The van der Waals surface area contributed by atoms with E-state index in [4.69, 9.17) is 11.6 Å². The highest BCUT2D eigenvalue weighted by atomic mass is 35.5. The van der Waals surface area contributed by atoms with Crippen LogP contribution in [-0.2, 0) is 0 Å². The second-order valence-electron chi connectivity index (χ2n) is 7.10. The molecule has 0 saturated heterocycles. The maximum Gasteiger partial charge on any atom is 0.333 e. The van der Waals surface area contributed by atoms with Gasteiger partial charge in [-0.25, -0.2) is 9.36 Å². The van der Waals surface area contributed by atoms with E-state index in [-0.39, 0.29) is 0 Å². The van der Waals surface area contributed by atoms with Crippen molar-refractivity contribution in [3.63, 3.8) is 0 Å². The molecule has 0 amide bonds. The van der Waals surface area contributed by atoms with Crippen molar-refractivity contribution < 1.29 is 0 Å². The zero-order valence-corrected chi connectivity index (χ0v) is 16.9. The molecule has 0 atom stereocenters. The Morgan fingerprint density at radius 1 is 0.871 bits per heavy atom. The van der Waals surface area contributed by atoms with E-state index in [1.165, 1.54) is 0 Å². The smallest absolute Gasteiger partial charge is 0.306 e. The molecule has 148 valence electrons. The maximum absolute atomic E-state index is 13.3. The lowest BCUT2D eigenvalue weighted by atomic mass is 9.99. The first-order chi connectivity index (χ1) is 15.1. The number of hydrogen-bond donors (Lipinski definition) is 1. The van der Waals surface area contributed by atoms with Crippen LogP contribution in [0.15, 0.2) is 88.5 Å². The molecule has 0 radical (unpaired) electrons. The van der Waals surface area contributed by atoms with Crippen LogP contribution in [0.2, 0.25) is 5.02 Å². The number of halogens is 1. The van der Waals surface area contributed by atoms with E-state index < -0.39 is 11.2 Å². The van der Waals surface area contributed by atoms with Crippen molar-refractivity contribution in [2.24, 2.45) is 0 Å². The molecule has 0 bridgehead atoms. The highest BCUT2D eigenvalue weighted by molar-refractivity contribution is 6.33. The molecule has 5 nitrogen and oxygen atoms in total. The predicted octanol–water partition coefficient (Wildman–Crippen LogP) is 5.02. The lowest BCUT2D eigenvalue weighted by molar-refractivity contribution is 0.908. The largest absolute Gasteiger partial charge is 0.333 e. The van der Waals surface area contributed by atoms with Gasteiger partial charge >= 0.3 is 5.69 Å². The molecular weight excluding hydrogens is 410 g/mol. The van der Waals surface area contributed by atoms with Crippen molar-refractivity contribution in [3.05, 3.63) is 110 Å². The summed E-state index contributed by atoms with van der Waals surface area (Å²) < 4.78 is 1.15. The fourth-order valence-corrected chi connectivity index (χ4v) is 4.19. The summed E-state index contributed by atoms with van der Waals surface area (Å²) in [6.45, 7) is 0. The van der Waals surface area contributed by atoms with Crippen molar-refractivity contribution in [1.82, 2.24) is 9.55 Å². The quantitative estimate of drug-likeness (QED) is 0.432. The summed E-state index contributed by atoms with van der Waals surface area (Å²) in [6.07, 6.45) is 0. The van der Waals surface area contributed by atoms with Crippen molar-refractivity contribution in [2.45, 2.75) is 0 Å². The van der Waals surface area contributed by atoms with E-state index in [9.17, 15) is 14.9 Å². The summed E-state index contributed by atoms with van der Waals surface area (Å²) in [5, 5.41) is 12.0. The normalized spacial score (nSPS) is 11.0. The van der Waals surface area contributed by atoms with Crippen LogP contribution in [0.5, 0.6) is 0 Å². The first kappa shape index (κ1) is 18.9. The zero-order valence-electron chi connectivity index (χ0n) is 16.1. The van der Waals surface area contributed by atoms with E-state index in [1.807, 2.05) is 36.4 Å². The van der Waals surface area contributed by atoms with Crippen LogP contribution in [0.3, 0.4) is 0 Å². The molecule has 4 aromatic carbocycles. The molecule has 0 fully saturated rings. The Labute approximate surface area is 181 Å². The third-order valence-electron chi connectivity index (χ3n) is 5.33. The minimum Gasteiger partial charge on any atom is -0.306 e. The van der Waals surface area contributed by atoms with Gasteiger partial charge in [0.25, 0.3) is 5.56 Å². The van der Waals surface area contributed by atoms with Crippen molar-refractivity contribution in [2.75, 3.05) is 0 Å². The molecular formula is C25H14ClN3O2. The van der Waals surface area contributed by atoms with Crippen molar-refractivity contribution in [3.8, 4) is 22.9 Å². The monoisotopic (exact) mass is 423 g/mol. The summed E-state index contributed by atoms with van der Waals surface area (Å²) in [5.74, 6) is 0. The second-order valence-corrected chi connectivity index (χ2v) is 7.51. The average molecular weight is 424 g/mol. The first-order valence-electron chi connectivity index (χ1n) is 9.55. The van der Waals surface area contributed by atoms with Crippen molar-refractivity contribution >= 4 is 33.3 Å². The van der Waals surface area contributed by atoms with E-state index in [0.29, 0.717) is 38.3 Å². The maximum atomic E-state index is 13.3. The van der Waals surface area contributed by atoms with E-state index >= 15 is 0 Å². The van der Waals surface area contributed by atoms with Gasteiger partial charge in [0.2, 0.25) is 0 Å². The fraction of sp³-hybridized carbons (Fsp3) is 0. The summed E-state index contributed by atoms with van der Waals surface area (Å²) in [4.78, 5) is 29.1. The molecule has 5 aromatic rings. The molecule has 0 aliphatic carbocycles. The van der Waals surface area contributed by atoms with Gasteiger partial charge in [-0.05, 0) is 41.3 Å². The SMILES string of the molecule is N#Cc1cccc(Cl)c1-c1ccc2c(=O)n(-c3cccc4ccccc34)c(=O)[nH]c2c1. The number of nitrogens with one attached hydrogen (secondary N) is 1. The van der Waals surface area contributed by atoms with Crippen LogP contribution in [0.1, 0.15) is 5.56 Å². The Hall–Kier alpha value is -4.14. The standard InChI is InChI=1S/C25H14ClN3O2/c26-20-9-3-7-17(14-27)23(20)16-11-12-19-21(13-16)28-25(31)29(24(19)30)22-10-4-6-15-5-1-2-8-18(15)22/h1-13H,(H,28,31). The number of nitriles is 1. The van der Waals surface area contributed by atoms with Crippen LogP contribution >= 0.6 is 11.6 Å². The number of H-pyrrole nitrogens is 1. The van der Waals surface area contributed by atoms with Gasteiger partial charge in [-0.1, -0.05) is 60.1 Å². The number of nitrogens with zero attached hydrogens (tertiary/aromatic N) is 2. The number of benzene rings is 4. The minimum absolute atomic E-state index is 0.363. The van der Waals surface area contributed by atoms with Crippen molar-refractivity contribution in [1.29, 1.82) is 5.26 Å². The van der Waals surface area contributed by atoms with E-state index in [2.05, 4.69) is 11.1 Å². The fourth-order valence-electron chi connectivity index (χ4n) is 3.91. The summed E-state index contributed by atoms with van der Waals surface area (Å²) in [6, 6.07) is 25.4. The van der Waals surface area contributed by atoms with Crippen LogP contribution in [0.4, 0.5) is 0 Å². The molecule has 5 rings (SSSR count). The molecule has 1 heterocycles. The number of fused-ring (bicyclic) bond motifs is 2. The Kier molecular flexibility index (Phi) is 4.43. The zero-order chi connectivity index (χ0) is 21.5. The van der Waals surface area contributed by atoms with Gasteiger partial charge in [-0.2, -0.15) is 5.26 Å². The lowest BCUT2D eigenvalue weighted by Crippen LogP contribution is -2.33. The third kappa shape index (κ3) is 3.02. The molecule has 6 heteroatoms. The minimum atomic E-state index is -0.536. The molecule has 0 unspecified atom stereocenters. The van der Waals surface area contributed by atoms with Crippen LogP contribution in [0.25, 0.3) is 38.5 Å². The number of aromatic nitrogens is 2. The third-order valence-corrected chi connectivity index (χ3v) is 5.64. The Bertz CT molecular complexity index is 1650. The van der Waals surface area contributed by atoms with Gasteiger partial charge in [0, 0.05) is 16.0 Å². The molecule has 0 aliphatic heterocycles. The van der Waals surface area contributed by atoms with Gasteiger partial charge in [-0.15, -0.1) is 0 Å². The van der Waals surface area contributed by atoms with Gasteiger partial charge in [0.05, 0.1) is 28.2 Å². The van der Waals surface area contributed by atoms with Gasteiger partial charge in [0.15, 0.2) is 0 Å². The number of aromatic amines is 1. The molecule has 0 saturated carbocycles. The van der Waals surface area contributed by atoms with Crippen LogP contribution in [-0.4, -0.2) is 9.55 Å². The lowest BCUT2D eigenvalue weighted by Gasteiger charge is -2.11. The molecule has 0 aliphatic rings. The highest BCUT2D eigenvalue weighted by Gasteiger charge is 2.15. The molecule has 1 aromatic heterocycles. The number of rotatable bonds is 2. The average Bonchev–Trinajstić information content (AvgIpc) is 2.78. The molecule has 1 N–H and O–H groups in total. The van der Waals surface area contributed by atoms with Gasteiger partial charge in [-0.3, -0.25) is 4.79 Å². The first-order valence-corrected chi connectivity index (χ1v) is 9.92. The molecule has 0 spiro atoms. The summed E-state index contributed by atoms with van der Waals surface area (Å²) in [5.41, 5.74) is 1.58. The Balaban J connectivity index is 1.78. The van der Waals surface area contributed by atoms with Crippen LogP contribution in [0, 0.1) is 11.3 Å². The second kappa shape index (κ2) is 7.28. The van der Waals surface area contributed by atoms with Gasteiger partial charge in [0.1, 0.15) is 0 Å².